The highest BCUT2D eigenvalue weighted by molar-refractivity contribution is 7.89. The summed E-state index contributed by atoms with van der Waals surface area (Å²) in [6.45, 7) is 9.07. The zero-order valence-corrected chi connectivity index (χ0v) is 14.4. The molecule has 22 heavy (non-hydrogen) atoms. The summed E-state index contributed by atoms with van der Waals surface area (Å²) in [6, 6.07) is 2.55. The molecule has 0 aliphatic heterocycles. The van der Waals surface area contributed by atoms with E-state index in [1.807, 2.05) is 20.8 Å². The molecule has 0 aromatic heterocycles. The predicted molar refractivity (Wildman–Crippen MR) is 84.1 cm³/mol. The van der Waals surface area contributed by atoms with Gasteiger partial charge in [-0.25, -0.2) is 13.9 Å². The van der Waals surface area contributed by atoms with E-state index in [4.69, 9.17) is 5.21 Å². The van der Waals surface area contributed by atoms with E-state index in [-0.39, 0.29) is 17.2 Å². The fourth-order valence-electron chi connectivity index (χ4n) is 2.59. The van der Waals surface area contributed by atoms with Gasteiger partial charge in [0.1, 0.15) is 6.04 Å². The Morgan fingerprint density at radius 3 is 2.09 bits per heavy atom. The molecular weight excluding hydrogens is 304 g/mol. The summed E-state index contributed by atoms with van der Waals surface area (Å²) < 4.78 is 27.6. The molecule has 0 heterocycles. The fourth-order valence-corrected chi connectivity index (χ4v) is 4.26. The van der Waals surface area contributed by atoms with Crippen LogP contribution in [0.4, 0.5) is 0 Å². The van der Waals surface area contributed by atoms with Crippen LogP contribution in [0.25, 0.3) is 0 Å². The molecule has 0 spiro atoms. The van der Waals surface area contributed by atoms with Gasteiger partial charge in [-0.15, -0.1) is 0 Å². The molecule has 7 heteroatoms. The number of nitrogens with one attached hydrogen (secondary N) is 2. The second-order valence-corrected chi connectivity index (χ2v) is 7.66. The number of sulfonamides is 1. The van der Waals surface area contributed by atoms with E-state index in [9.17, 15) is 13.2 Å². The third-order valence-corrected chi connectivity index (χ3v) is 5.08. The lowest BCUT2D eigenvalue weighted by Crippen LogP contribution is -2.46. The van der Waals surface area contributed by atoms with Crippen molar-refractivity contribution < 1.29 is 18.4 Å². The zero-order chi connectivity index (χ0) is 17.1. The van der Waals surface area contributed by atoms with Crippen LogP contribution in [0.2, 0.25) is 0 Å². The van der Waals surface area contributed by atoms with Crippen molar-refractivity contribution in [3.8, 4) is 0 Å². The first-order valence-corrected chi connectivity index (χ1v) is 8.61. The maximum atomic E-state index is 12.6. The number of aryl methyl sites for hydroxylation is 3. The van der Waals surface area contributed by atoms with Gasteiger partial charge >= 0.3 is 0 Å². The van der Waals surface area contributed by atoms with Crippen LogP contribution in [0.1, 0.15) is 37.0 Å². The highest BCUT2D eigenvalue weighted by Crippen LogP contribution is 2.22. The number of hydrogen-bond donors (Lipinski definition) is 3. The maximum Gasteiger partial charge on any atom is 0.261 e. The van der Waals surface area contributed by atoms with Crippen LogP contribution in [-0.4, -0.2) is 25.6 Å². The van der Waals surface area contributed by atoms with Gasteiger partial charge in [0.2, 0.25) is 10.0 Å². The Kier molecular flexibility index (Phi) is 6.10. The van der Waals surface area contributed by atoms with Crippen molar-refractivity contribution in [3.05, 3.63) is 28.8 Å². The number of carbonyl (C=O) groups excluding carboxylic acids is 1. The Labute approximate surface area is 131 Å². The van der Waals surface area contributed by atoms with Gasteiger partial charge in [-0.05, 0) is 44.2 Å². The zero-order valence-electron chi connectivity index (χ0n) is 13.6. The second kappa shape index (κ2) is 7.21. The van der Waals surface area contributed by atoms with Gasteiger partial charge in [-0.3, -0.25) is 10.0 Å². The van der Waals surface area contributed by atoms with Crippen LogP contribution < -0.4 is 10.2 Å². The van der Waals surface area contributed by atoms with Crippen LogP contribution in [0.3, 0.4) is 0 Å². The van der Waals surface area contributed by atoms with Crippen molar-refractivity contribution in [2.45, 2.75) is 52.0 Å². The molecule has 1 aromatic rings. The Morgan fingerprint density at radius 1 is 1.18 bits per heavy atom. The number of carbonyl (C=O) groups is 1. The largest absolute Gasteiger partial charge is 0.289 e. The molecule has 6 nitrogen and oxygen atoms in total. The standard InChI is InChI=1S/C15H24N2O4S/c1-9(2)6-13(15(18)16-19)17-22(20,21)14-11(4)7-10(3)8-12(14)5/h7-9,13,17,19H,6H2,1-5H3,(H,16,18). The molecule has 0 saturated carbocycles. The van der Waals surface area contributed by atoms with E-state index >= 15 is 0 Å². The Hall–Kier alpha value is -1.44. The highest BCUT2D eigenvalue weighted by atomic mass is 32.2. The van der Waals surface area contributed by atoms with Crippen LogP contribution >= 0.6 is 0 Å². The SMILES string of the molecule is Cc1cc(C)c(S(=O)(=O)NC(CC(C)C)C(=O)NO)c(C)c1. The topological polar surface area (TPSA) is 95.5 Å². The van der Waals surface area contributed by atoms with Gasteiger partial charge in [0.15, 0.2) is 0 Å². The lowest BCUT2D eigenvalue weighted by molar-refractivity contribution is -0.131. The van der Waals surface area contributed by atoms with E-state index < -0.39 is 22.0 Å². The maximum absolute atomic E-state index is 12.6. The van der Waals surface area contributed by atoms with Crippen LogP contribution in [-0.2, 0) is 14.8 Å². The Balaban J connectivity index is 3.21. The first-order valence-electron chi connectivity index (χ1n) is 7.12. The average Bonchev–Trinajstić information content (AvgIpc) is 2.34. The molecule has 0 radical (unpaired) electrons. The van der Waals surface area contributed by atoms with Crippen LogP contribution in [0, 0.1) is 26.7 Å². The third kappa shape index (κ3) is 4.53. The van der Waals surface area contributed by atoms with Crippen molar-refractivity contribution in [1.82, 2.24) is 10.2 Å². The summed E-state index contributed by atoms with van der Waals surface area (Å²) in [5, 5.41) is 8.80. The van der Waals surface area contributed by atoms with Gasteiger partial charge in [-0.1, -0.05) is 31.5 Å². The van der Waals surface area contributed by atoms with Gasteiger partial charge in [-0.2, -0.15) is 4.72 Å². The van der Waals surface area contributed by atoms with Crippen molar-refractivity contribution in [2.24, 2.45) is 5.92 Å². The minimum absolute atomic E-state index is 0.0882. The third-order valence-electron chi connectivity index (χ3n) is 3.30. The van der Waals surface area contributed by atoms with E-state index in [2.05, 4.69) is 4.72 Å². The van der Waals surface area contributed by atoms with Crippen molar-refractivity contribution in [1.29, 1.82) is 0 Å². The van der Waals surface area contributed by atoms with Gasteiger partial charge in [0, 0.05) is 0 Å². The molecule has 1 unspecified atom stereocenters. The summed E-state index contributed by atoms with van der Waals surface area (Å²) in [7, 11) is -3.86. The summed E-state index contributed by atoms with van der Waals surface area (Å²) in [5.41, 5.74) is 3.74. The van der Waals surface area contributed by atoms with Gasteiger partial charge in [0.05, 0.1) is 4.90 Å². The molecule has 1 amide bonds. The number of benzene rings is 1. The number of hydrogen-bond acceptors (Lipinski definition) is 4. The summed E-state index contributed by atoms with van der Waals surface area (Å²) in [6.07, 6.45) is 0.287. The molecule has 1 aromatic carbocycles. The Morgan fingerprint density at radius 2 is 1.68 bits per heavy atom. The van der Waals surface area contributed by atoms with Crippen LogP contribution in [0.5, 0.6) is 0 Å². The number of hydroxylamine groups is 1. The summed E-state index contributed by atoms with van der Waals surface area (Å²) in [5.74, 6) is -0.676. The minimum Gasteiger partial charge on any atom is -0.289 e. The lowest BCUT2D eigenvalue weighted by atomic mass is 10.0. The first-order chi connectivity index (χ1) is 10.1. The molecule has 1 rings (SSSR count). The molecule has 0 aliphatic rings. The van der Waals surface area contributed by atoms with E-state index in [1.165, 1.54) is 5.48 Å². The van der Waals surface area contributed by atoms with Crippen molar-refractivity contribution in [3.63, 3.8) is 0 Å². The van der Waals surface area contributed by atoms with E-state index in [0.29, 0.717) is 11.1 Å². The first kappa shape index (κ1) is 18.6. The highest BCUT2D eigenvalue weighted by Gasteiger charge is 2.28. The van der Waals surface area contributed by atoms with Gasteiger partial charge in [0.25, 0.3) is 5.91 Å². The predicted octanol–water partition coefficient (Wildman–Crippen LogP) is 1.81. The lowest BCUT2D eigenvalue weighted by Gasteiger charge is -2.20. The molecule has 0 bridgehead atoms. The molecule has 0 aliphatic carbocycles. The Bertz CT molecular complexity index is 631. The molecule has 0 saturated heterocycles. The average molecular weight is 328 g/mol. The summed E-state index contributed by atoms with van der Waals surface area (Å²) in [4.78, 5) is 11.9. The quantitative estimate of drug-likeness (QED) is 0.548. The fraction of sp³-hybridized carbons (Fsp3) is 0.533. The minimum atomic E-state index is -3.86. The number of rotatable bonds is 6. The molecule has 3 N–H and O–H groups in total. The summed E-state index contributed by atoms with van der Waals surface area (Å²) >= 11 is 0. The smallest absolute Gasteiger partial charge is 0.261 e. The molecule has 124 valence electrons. The van der Waals surface area contributed by atoms with Crippen LogP contribution in [0.15, 0.2) is 17.0 Å². The van der Waals surface area contributed by atoms with E-state index in [1.54, 1.807) is 26.0 Å². The molecule has 1 atom stereocenters. The molecular formula is C15H24N2O4S. The van der Waals surface area contributed by atoms with Crippen molar-refractivity contribution >= 4 is 15.9 Å². The number of amides is 1. The normalized spacial score (nSPS) is 13.2. The monoisotopic (exact) mass is 328 g/mol. The van der Waals surface area contributed by atoms with E-state index in [0.717, 1.165) is 5.56 Å². The molecule has 0 fully saturated rings. The van der Waals surface area contributed by atoms with Crippen molar-refractivity contribution in [2.75, 3.05) is 0 Å². The second-order valence-electron chi connectivity index (χ2n) is 6.01. The van der Waals surface area contributed by atoms with Gasteiger partial charge < -0.3 is 0 Å².